The highest BCUT2D eigenvalue weighted by Crippen LogP contribution is 2.15. The van der Waals surface area contributed by atoms with Crippen LogP contribution in [-0.4, -0.2) is 62.0 Å². The summed E-state index contributed by atoms with van der Waals surface area (Å²) in [6.45, 7) is 2.61. The van der Waals surface area contributed by atoms with Crippen molar-refractivity contribution in [2.75, 3.05) is 38.7 Å². The molecule has 7 heteroatoms. The summed E-state index contributed by atoms with van der Waals surface area (Å²) >= 11 is 5.70. The highest BCUT2D eigenvalue weighted by molar-refractivity contribution is 6.18. The minimum atomic E-state index is -4.25. The van der Waals surface area contributed by atoms with Crippen LogP contribution in [0.2, 0.25) is 0 Å². The number of hydrogen-bond donors (Lipinski definition) is 0. The first-order valence-electron chi connectivity index (χ1n) is 5.49. The van der Waals surface area contributed by atoms with E-state index in [0.29, 0.717) is 25.5 Å². The average molecular weight is 276 g/mol. The van der Waals surface area contributed by atoms with Gasteiger partial charge in [0, 0.05) is 25.5 Å². The van der Waals surface area contributed by atoms with Gasteiger partial charge in [-0.1, -0.05) is 0 Å². The van der Waals surface area contributed by atoms with Gasteiger partial charge in [-0.05, 0) is 6.92 Å². The van der Waals surface area contributed by atoms with E-state index in [1.165, 1.54) is 0 Å². The van der Waals surface area contributed by atoms with E-state index in [9.17, 15) is 13.2 Å². The molecule has 1 heterocycles. The monoisotopic (exact) mass is 275 g/mol. The molecule has 0 N–H and O–H groups in total. The number of rotatable bonds is 5. The largest absolute Gasteiger partial charge is 0.411 e. The maximum Gasteiger partial charge on any atom is 0.411 e. The molecule has 0 radical (unpaired) electrons. The second-order valence-corrected chi connectivity index (χ2v) is 4.46. The Morgan fingerprint density at radius 3 is 2.71 bits per heavy atom. The van der Waals surface area contributed by atoms with Gasteiger partial charge < -0.3 is 9.47 Å². The van der Waals surface area contributed by atoms with E-state index in [2.05, 4.69) is 4.74 Å². The Morgan fingerprint density at radius 2 is 2.12 bits per heavy atom. The van der Waals surface area contributed by atoms with Crippen molar-refractivity contribution >= 4 is 11.6 Å². The van der Waals surface area contributed by atoms with Crippen molar-refractivity contribution in [2.45, 2.75) is 25.3 Å². The smallest absolute Gasteiger partial charge is 0.371 e. The van der Waals surface area contributed by atoms with Gasteiger partial charge in [-0.25, -0.2) is 0 Å². The van der Waals surface area contributed by atoms with Crippen LogP contribution in [0.1, 0.15) is 6.92 Å². The molecule has 0 bridgehead atoms. The van der Waals surface area contributed by atoms with Gasteiger partial charge in [-0.2, -0.15) is 13.2 Å². The van der Waals surface area contributed by atoms with Crippen molar-refractivity contribution in [3.8, 4) is 0 Å². The Hall–Kier alpha value is -0.0400. The fourth-order valence-electron chi connectivity index (χ4n) is 1.79. The van der Waals surface area contributed by atoms with Crippen molar-refractivity contribution < 1.29 is 22.6 Å². The van der Waals surface area contributed by atoms with Crippen molar-refractivity contribution in [1.29, 1.82) is 0 Å². The molecular formula is C10H17ClF3NO2. The molecule has 0 aromatic carbocycles. The van der Waals surface area contributed by atoms with Gasteiger partial charge in [0.25, 0.3) is 0 Å². The number of ether oxygens (including phenoxy) is 2. The zero-order valence-electron chi connectivity index (χ0n) is 9.67. The molecule has 1 saturated heterocycles. The molecule has 0 aromatic heterocycles. The molecule has 1 aliphatic rings. The van der Waals surface area contributed by atoms with Gasteiger partial charge >= 0.3 is 6.18 Å². The van der Waals surface area contributed by atoms with E-state index in [1.54, 1.807) is 0 Å². The zero-order chi connectivity index (χ0) is 12.9. The van der Waals surface area contributed by atoms with E-state index in [4.69, 9.17) is 16.3 Å². The van der Waals surface area contributed by atoms with E-state index >= 15 is 0 Å². The first kappa shape index (κ1) is 15.0. The summed E-state index contributed by atoms with van der Waals surface area (Å²) in [4.78, 5) is 2.01. The summed E-state index contributed by atoms with van der Waals surface area (Å²) in [7, 11) is 0. The molecule has 3 nitrogen and oxygen atoms in total. The molecular weight excluding hydrogens is 259 g/mol. The molecule has 0 saturated carbocycles. The van der Waals surface area contributed by atoms with Gasteiger partial charge in [0.15, 0.2) is 0 Å². The van der Waals surface area contributed by atoms with Gasteiger partial charge in [0.2, 0.25) is 0 Å². The first-order valence-corrected chi connectivity index (χ1v) is 6.02. The lowest BCUT2D eigenvalue weighted by Gasteiger charge is -2.35. The van der Waals surface area contributed by atoms with E-state index in [0.717, 1.165) is 0 Å². The Bertz CT molecular complexity index is 228. The fourth-order valence-corrected chi connectivity index (χ4v) is 1.96. The molecule has 0 aliphatic carbocycles. The number of nitrogens with zero attached hydrogens (tertiary/aromatic N) is 1. The predicted molar refractivity (Wildman–Crippen MR) is 58.4 cm³/mol. The normalized spacial score (nSPS) is 27.4. The topological polar surface area (TPSA) is 21.7 Å². The molecule has 17 heavy (non-hydrogen) atoms. The molecule has 2 atom stereocenters. The molecule has 0 spiro atoms. The van der Waals surface area contributed by atoms with Crippen LogP contribution in [0.3, 0.4) is 0 Å². The minimum Gasteiger partial charge on any atom is -0.371 e. The molecule has 1 fully saturated rings. The van der Waals surface area contributed by atoms with Crippen molar-refractivity contribution in [1.82, 2.24) is 4.90 Å². The lowest BCUT2D eigenvalue weighted by molar-refractivity contribution is -0.175. The lowest BCUT2D eigenvalue weighted by atomic mass is 10.2. The Morgan fingerprint density at radius 1 is 1.41 bits per heavy atom. The molecule has 1 rings (SSSR count). The summed E-state index contributed by atoms with van der Waals surface area (Å²) in [6.07, 6.45) is -4.25. The zero-order valence-corrected chi connectivity index (χ0v) is 10.4. The Labute approximate surface area is 104 Å². The SMILES string of the molecule is CC1CN(CCOCC(F)(F)F)CC(CCl)O1. The van der Waals surface area contributed by atoms with Crippen LogP contribution in [0.5, 0.6) is 0 Å². The fraction of sp³-hybridized carbons (Fsp3) is 1.00. The predicted octanol–water partition coefficient (Wildman–Crippen LogP) is 1.89. The van der Waals surface area contributed by atoms with Crippen LogP contribution in [0.15, 0.2) is 0 Å². The van der Waals surface area contributed by atoms with Crippen molar-refractivity contribution in [2.24, 2.45) is 0 Å². The van der Waals surface area contributed by atoms with Crippen molar-refractivity contribution in [3.05, 3.63) is 0 Å². The Balaban J connectivity index is 2.18. The summed E-state index contributed by atoms with van der Waals surface area (Å²) in [5.41, 5.74) is 0. The molecule has 1 aliphatic heterocycles. The van der Waals surface area contributed by atoms with Crippen LogP contribution in [0.25, 0.3) is 0 Å². The maximum atomic E-state index is 11.8. The van der Waals surface area contributed by atoms with Crippen LogP contribution in [0, 0.1) is 0 Å². The second-order valence-electron chi connectivity index (χ2n) is 4.15. The minimum absolute atomic E-state index is 0.0510. The second kappa shape index (κ2) is 6.78. The number of morpholine rings is 1. The van der Waals surface area contributed by atoms with E-state index < -0.39 is 12.8 Å². The van der Waals surface area contributed by atoms with Gasteiger partial charge in [0.1, 0.15) is 6.61 Å². The summed E-state index contributed by atoms with van der Waals surface area (Å²) in [5, 5.41) is 0. The van der Waals surface area contributed by atoms with Gasteiger partial charge in [0.05, 0.1) is 18.8 Å². The summed E-state index contributed by atoms with van der Waals surface area (Å²) in [6, 6.07) is 0. The van der Waals surface area contributed by atoms with E-state index in [1.807, 2.05) is 11.8 Å². The number of alkyl halides is 4. The summed E-state index contributed by atoms with van der Waals surface area (Å²) in [5.74, 6) is 0.393. The Kier molecular flexibility index (Phi) is 5.99. The highest BCUT2D eigenvalue weighted by atomic mass is 35.5. The molecule has 0 amide bonds. The standard InChI is InChI=1S/C10H17ClF3NO2/c1-8-5-15(6-9(4-11)17-8)2-3-16-7-10(12,13)14/h8-9H,2-7H2,1H3. The third kappa shape index (κ3) is 6.45. The third-order valence-electron chi connectivity index (χ3n) is 2.39. The third-order valence-corrected chi connectivity index (χ3v) is 2.74. The van der Waals surface area contributed by atoms with Crippen LogP contribution >= 0.6 is 11.6 Å². The van der Waals surface area contributed by atoms with Gasteiger partial charge in [-0.3, -0.25) is 4.90 Å². The quantitative estimate of drug-likeness (QED) is 0.565. The molecule has 0 aromatic rings. The lowest BCUT2D eigenvalue weighted by Crippen LogP contribution is -2.48. The average Bonchev–Trinajstić information content (AvgIpc) is 2.22. The van der Waals surface area contributed by atoms with Gasteiger partial charge in [-0.15, -0.1) is 11.6 Å². The van der Waals surface area contributed by atoms with Crippen LogP contribution in [-0.2, 0) is 9.47 Å². The summed E-state index contributed by atoms with van der Waals surface area (Å²) < 4.78 is 45.6. The first-order chi connectivity index (χ1) is 7.90. The van der Waals surface area contributed by atoms with Crippen LogP contribution in [0.4, 0.5) is 13.2 Å². The molecule has 2 unspecified atom stereocenters. The number of halogens is 4. The number of hydrogen-bond acceptors (Lipinski definition) is 3. The van der Waals surface area contributed by atoms with E-state index in [-0.39, 0.29) is 18.8 Å². The van der Waals surface area contributed by atoms with Crippen molar-refractivity contribution in [3.63, 3.8) is 0 Å². The highest BCUT2D eigenvalue weighted by Gasteiger charge is 2.28. The van der Waals surface area contributed by atoms with Crippen LogP contribution < -0.4 is 0 Å². The maximum absolute atomic E-state index is 11.8. The molecule has 102 valence electrons.